The van der Waals surface area contributed by atoms with Crippen molar-refractivity contribution in [3.05, 3.63) is 64.1 Å². The number of anilines is 2. The van der Waals surface area contributed by atoms with Crippen LogP contribution in [-0.4, -0.2) is 25.0 Å². The van der Waals surface area contributed by atoms with E-state index in [1.165, 1.54) is 6.07 Å². The standard InChI is InChI=1S/C18H17N3O3/c1-11-9-16(22)24-15-10-12(6-7-13(11)15)20-18(23)14-5-4-8-19-17(14)21(2)3/h4-10H,1-3H3,(H,20,23). The maximum absolute atomic E-state index is 12.5. The van der Waals surface area contributed by atoms with E-state index in [0.717, 1.165) is 10.9 Å². The second kappa shape index (κ2) is 6.16. The number of nitrogens with one attached hydrogen (secondary N) is 1. The third kappa shape index (κ3) is 2.99. The number of nitrogens with zero attached hydrogens (tertiary/aromatic N) is 2. The lowest BCUT2D eigenvalue weighted by Crippen LogP contribution is -2.19. The Morgan fingerprint density at radius 2 is 2.00 bits per heavy atom. The van der Waals surface area contributed by atoms with Crippen LogP contribution in [0.3, 0.4) is 0 Å². The number of carbonyl (C=O) groups is 1. The van der Waals surface area contributed by atoms with Crippen LogP contribution in [0.4, 0.5) is 11.5 Å². The SMILES string of the molecule is Cc1cc(=O)oc2cc(NC(=O)c3cccnc3N(C)C)ccc12. The molecule has 0 saturated carbocycles. The number of aromatic nitrogens is 1. The van der Waals surface area contributed by atoms with E-state index in [1.807, 2.05) is 27.1 Å². The molecule has 1 amide bonds. The molecule has 0 unspecified atom stereocenters. The van der Waals surface area contributed by atoms with Crippen LogP contribution in [0.15, 0.2) is 51.8 Å². The Morgan fingerprint density at radius 1 is 1.21 bits per heavy atom. The van der Waals surface area contributed by atoms with E-state index in [2.05, 4.69) is 10.3 Å². The first-order valence-electron chi connectivity index (χ1n) is 7.44. The molecule has 6 heteroatoms. The van der Waals surface area contributed by atoms with Gasteiger partial charge in [-0.15, -0.1) is 0 Å². The topological polar surface area (TPSA) is 75.4 Å². The predicted molar refractivity (Wildman–Crippen MR) is 93.7 cm³/mol. The number of rotatable bonds is 3. The van der Waals surface area contributed by atoms with Gasteiger partial charge in [0.25, 0.3) is 5.91 Å². The van der Waals surface area contributed by atoms with E-state index in [1.54, 1.807) is 35.4 Å². The zero-order valence-corrected chi connectivity index (χ0v) is 13.7. The molecule has 0 radical (unpaired) electrons. The van der Waals surface area contributed by atoms with Gasteiger partial charge in [0.1, 0.15) is 11.4 Å². The highest BCUT2D eigenvalue weighted by atomic mass is 16.4. The summed E-state index contributed by atoms with van der Waals surface area (Å²) in [6, 6.07) is 10.1. The summed E-state index contributed by atoms with van der Waals surface area (Å²) >= 11 is 0. The van der Waals surface area contributed by atoms with Crippen molar-refractivity contribution in [3.8, 4) is 0 Å². The van der Waals surface area contributed by atoms with Gasteiger partial charge in [-0.25, -0.2) is 9.78 Å². The number of fused-ring (bicyclic) bond motifs is 1. The number of hydrogen-bond acceptors (Lipinski definition) is 5. The third-order valence-corrected chi connectivity index (χ3v) is 3.66. The van der Waals surface area contributed by atoms with Crippen molar-refractivity contribution in [2.24, 2.45) is 0 Å². The molecule has 0 aliphatic heterocycles. The van der Waals surface area contributed by atoms with Gasteiger partial charge in [0, 0.05) is 43.5 Å². The first kappa shape index (κ1) is 15.7. The predicted octanol–water partition coefficient (Wildman–Crippen LogP) is 2.81. The lowest BCUT2D eigenvalue weighted by atomic mass is 10.1. The van der Waals surface area contributed by atoms with Crippen LogP contribution in [0.1, 0.15) is 15.9 Å². The molecule has 0 saturated heterocycles. The lowest BCUT2D eigenvalue weighted by Gasteiger charge is -2.15. The van der Waals surface area contributed by atoms with Crippen LogP contribution in [0.25, 0.3) is 11.0 Å². The van der Waals surface area contributed by atoms with Gasteiger partial charge in [-0.1, -0.05) is 0 Å². The molecule has 0 aliphatic carbocycles. The van der Waals surface area contributed by atoms with E-state index in [4.69, 9.17) is 4.42 Å². The molecule has 6 nitrogen and oxygen atoms in total. The molecule has 2 heterocycles. The Hall–Kier alpha value is -3.15. The van der Waals surface area contributed by atoms with E-state index >= 15 is 0 Å². The Labute approximate surface area is 138 Å². The Balaban J connectivity index is 1.95. The number of pyridine rings is 1. The third-order valence-electron chi connectivity index (χ3n) is 3.66. The summed E-state index contributed by atoms with van der Waals surface area (Å²) in [5.74, 6) is 0.305. The molecule has 3 rings (SSSR count). The van der Waals surface area contributed by atoms with E-state index in [0.29, 0.717) is 22.7 Å². The maximum Gasteiger partial charge on any atom is 0.336 e. The van der Waals surface area contributed by atoms with Gasteiger partial charge in [0.15, 0.2) is 0 Å². The molecule has 1 N–H and O–H groups in total. The smallest absolute Gasteiger partial charge is 0.336 e. The van der Waals surface area contributed by atoms with Crippen molar-refractivity contribution in [1.82, 2.24) is 4.98 Å². The maximum atomic E-state index is 12.5. The molecule has 0 fully saturated rings. The number of hydrogen-bond donors (Lipinski definition) is 1. The van der Waals surface area contributed by atoms with Gasteiger partial charge in [-0.3, -0.25) is 4.79 Å². The number of benzene rings is 1. The van der Waals surface area contributed by atoms with Crippen molar-refractivity contribution in [1.29, 1.82) is 0 Å². The Morgan fingerprint density at radius 3 is 2.75 bits per heavy atom. The van der Waals surface area contributed by atoms with Crippen molar-refractivity contribution in [2.45, 2.75) is 6.92 Å². The summed E-state index contributed by atoms with van der Waals surface area (Å²) in [4.78, 5) is 30.0. The molecular formula is C18H17N3O3. The molecule has 0 atom stereocenters. The van der Waals surface area contributed by atoms with Crippen LogP contribution in [0.2, 0.25) is 0 Å². The van der Waals surface area contributed by atoms with Crippen LogP contribution < -0.4 is 15.8 Å². The summed E-state index contributed by atoms with van der Waals surface area (Å²) in [5.41, 5.74) is 1.88. The summed E-state index contributed by atoms with van der Waals surface area (Å²) in [7, 11) is 3.65. The van der Waals surface area contributed by atoms with Crippen molar-refractivity contribution in [3.63, 3.8) is 0 Å². The fraction of sp³-hybridized carbons (Fsp3) is 0.167. The van der Waals surface area contributed by atoms with Crippen LogP contribution in [-0.2, 0) is 0 Å². The highest BCUT2D eigenvalue weighted by Crippen LogP contribution is 2.22. The lowest BCUT2D eigenvalue weighted by molar-refractivity contribution is 0.102. The van der Waals surface area contributed by atoms with Crippen molar-refractivity contribution >= 4 is 28.4 Å². The molecule has 2 aromatic heterocycles. The van der Waals surface area contributed by atoms with Gasteiger partial charge >= 0.3 is 5.63 Å². The van der Waals surface area contributed by atoms with Gasteiger partial charge in [0.2, 0.25) is 0 Å². The summed E-state index contributed by atoms with van der Waals surface area (Å²) < 4.78 is 5.20. The molecule has 1 aromatic carbocycles. The molecule has 122 valence electrons. The minimum atomic E-state index is -0.411. The van der Waals surface area contributed by atoms with Crippen LogP contribution in [0, 0.1) is 6.92 Å². The molecule has 0 aliphatic rings. The fourth-order valence-corrected chi connectivity index (χ4v) is 2.53. The molecule has 24 heavy (non-hydrogen) atoms. The highest BCUT2D eigenvalue weighted by Gasteiger charge is 2.14. The average Bonchev–Trinajstić information content (AvgIpc) is 2.54. The van der Waals surface area contributed by atoms with Crippen LogP contribution in [0.5, 0.6) is 0 Å². The van der Waals surface area contributed by atoms with Crippen molar-refractivity contribution < 1.29 is 9.21 Å². The van der Waals surface area contributed by atoms with E-state index < -0.39 is 5.63 Å². The largest absolute Gasteiger partial charge is 0.423 e. The molecule has 0 spiro atoms. The zero-order valence-electron chi connectivity index (χ0n) is 13.7. The van der Waals surface area contributed by atoms with Gasteiger partial charge < -0.3 is 14.6 Å². The van der Waals surface area contributed by atoms with E-state index in [-0.39, 0.29) is 5.91 Å². The summed E-state index contributed by atoms with van der Waals surface area (Å²) in [6.07, 6.45) is 1.64. The molecule has 3 aromatic rings. The normalized spacial score (nSPS) is 10.6. The highest BCUT2D eigenvalue weighted by molar-refractivity contribution is 6.08. The van der Waals surface area contributed by atoms with Crippen molar-refractivity contribution in [2.75, 3.05) is 24.3 Å². The van der Waals surface area contributed by atoms with Gasteiger partial charge in [-0.05, 0) is 36.8 Å². The summed E-state index contributed by atoms with van der Waals surface area (Å²) in [5, 5.41) is 3.65. The van der Waals surface area contributed by atoms with E-state index in [9.17, 15) is 9.59 Å². The summed E-state index contributed by atoms with van der Waals surface area (Å²) in [6.45, 7) is 1.84. The number of carbonyl (C=O) groups excluding carboxylic acids is 1. The fourth-order valence-electron chi connectivity index (χ4n) is 2.53. The molecular weight excluding hydrogens is 306 g/mol. The quantitative estimate of drug-likeness (QED) is 0.750. The minimum Gasteiger partial charge on any atom is -0.423 e. The van der Waals surface area contributed by atoms with Gasteiger partial charge in [-0.2, -0.15) is 0 Å². The second-order valence-corrected chi connectivity index (χ2v) is 5.68. The minimum absolute atomic E-state index is 0.277. The Kier molecular flexibility index (Phi) is 4.04. The average molecular weight is 323 g/mol. The van der Waals surface area contributed by atoms with Gasteiger partial charge in [0.05, 0.1) is 5.56 Å². The zero-order chi connectivity index (χ0) is 17.3. The first-order valence-corrected chi connectivity index (χ1v) is 7.44. The number of aryl methyl sites for hydroxylation is 1. The second-order valence-electron chi connectivity index (χ2n) is 5.68. The number of amides is 1. The Bertz CT molecular complexity index is 977. The first-order chi connectivity index (χ1) is 11.5. The monoisotopic (exact) mass is 323 g/mol. The van der Waals surface area contributed by atoms with Crippen LogP contribution >= 0.6 is 0 Å². The molecule has 0 bridgehead atoms.